The maximum atomic E-state index is 14.8. The number of hydrogen-bond acceptors (Lipinski definition) is 10. The molecule has 12 nitrogen and oxygen atoms in total. The van der Waals surface area contributed by atoms with Crippen molar-refractivity contribution >= 4 is 44.5 Å². The SMILES string of the molecule is Cc1nc2ccc(OC(F)F)cc2c2c1OC1(CC2)CC2C(=O)CC3(C(=O)NS(=O)(=O)C4(C)CC4)CC3/C=C\CCCCCC(CC(=O)OC(C)(C)C)C(=O)N2C1. The largest absolute Gasteiger partial charge is 0.483 e. The number of hydrogen-bond donors (Lipinski definition) is 1. The topological polar surface area (TPSA) is 158 Å². The number of allylic oxidation sites excluding steroid dienone is 2. The molecule has 0 bridgehead atoms. The molecule has 3 aliphatic heterocycles. The van der Waals surface area contributed by atoms with Crippen LogP contribution in [-0.2, 0) is 40.4 Å². The van der Waals surface area contributed by atoms with Crippen molar-refractivity contribution in [1.29, 1.82) is 0 Å². The number of carbonyl (C=O) groups excluding carboxylic acids is 4. The van der Waals surface area contributed by atoms with Crippen LogP contribution >= 0.6 is 0 Å². The van der Waals surface area contributed by atoms with E-state index in [1.807, 2.05) is 12.2 Å². The zero-order valence-electron chi connectivity index (χ0n) is 33.3. The van der Waals surface area contributed by atoms with Crippen LogP contribution in [0.2, 0.25) is 0 Å². The number of rotatable bonds is 7. The molecule has 310 valence electrons. The summed E-state index contributed by atoms with van der Waals surface area (Å²) >= 11 is 0. The smallest absolute Gasteiger partial charge is 0.387 e. The lowest BCUT2D eigenvalue weighted by atomic mass is 9.85. The first kappa shape index (κ1) is 41.0. The number of fused-ring (bicyclic) bond motifs is 5. The molecule has 5 aliphatic rings. The van der Waals surface area contributed by atoms with E-state index in [1.165, 1.54) is 17.0 Å². The van der Waals surface area contributed by atoms with Crippen LogP contribution in [0.4, 0.5) is 8.78 Å². The molecule has 1 aromatic heterocycles. The molecule has 0 radical (unpaired) electrons. The van der Waals surface area contributed by atoms with Crippen molar-refractivity contribution in [3.8, 4) is 11.5 Å². The molecule has 5 unspecified atom stereocenters. The summed E-state index contributed by atoms with van der Waals surface area (Å²) in [4.78, 5) is 63.0. The Morgan fingerprint density at radius 3 is 2.56 bits per heavy atom. The lowest BCUT2D eigenvalue weighted by molar-refractivity contribution is -0.159. The summed E-state index contributed by atoms with van der Waals surface area (Å²) in [7, 11) is -3.98. The van der Waals surface area contributed by atoms with Gasteiger partial charge >= 0.3 is 12.6 Å². The highest BCUT2D eigenvalue weighted by Crippen LogP contribution is 2.58. The van der Waals surface area contributed by atoms with Gasteiger partial charge in [0.15, 0.2) is 5.78 Å². The second kappa shape index (κ2) is 14.9. The highest BCUT2D eigenvalue weighted by molar-refractivity contribution is 7.91. The number of amides is 2. The lowest BCUT2D eigenvalue weighted by Gasteiger charge is -2.36. The summed E-state index contributed by atoms with van der Waals surface area (Å²) in [5.74, 6) is -2.70. The van der Waals surface area contributed by atoms with E-state index in [-0.39, 0.29) is 49.2 Å². The first-order chi connectivity index (χ1) is 26.7. The van der Waals surface area contributed by atoms with Crippen LogP contribution in [-0.4, -0.2) is 77.0 Å². The van der Waals surface area contributed by atoms with Gasteiger partial charge in [0.2, 0.25) is 21.8 Å². The van der Waals surface area contributed by atoms with Crippen LogP contribution in [0.3, 0.4) is 0 Å². The van der Waals surface area contributed by atoms with E-state index in [1.54, 1.807) is 40.7 Å². The minimum Gasteiger partial charge on any atom is -0.483 e. The Labute approximate surface area is 332 Å². The highest BCUT2D eigenvalue weighted by Gasteiger charge is 2.63. The molecule has 1 N–H and O–H groups in total. The number of halogens is 2. The van der Waals surface area contributed by atoms with Crippen LogP contribution in [0.1, 0.15) is 116 Å². The van der Waals surface area contributed by atoms with Crippen molar-refractivity contribution in [2.24, 2.45) is 17.3 Å². The Morgan fingerprint density at radius 2 is 1.86 bits per heavy atom. The number of benzene rings is 1. The molecule has 4 heterocycles. The summed E-state index contributed by atoms with van der Waals surface area (Å²) in [6, 6.07) is 3.52. The number of carbonyl (C=O) groups is 4. The third-order valence-corrected chi connectivity index (χ3v) is 14.7. The Kier molecular flexibility index (Phi) is 10.7. The number of nitrogens with one attached hydrogen (secondary N) is 1. The van der Waals surface area contributed by atoms with Gasteiger partial charge in [-0.1, -0.05) is 25.0 Å². The number of ether oxygens (including phenoxy) is 3. The van der Waals surface area contributed by atoms with Crippen molar-refractivity contribution in [3.63, 3.8) is 0 Å². The van der Waals surface area contributed by atoms with Gasteiger partial charge in [0.25, 0.3) is 0 Å². The lowest BCUT2D eigenvalue weighted by Crippen LogP contribution is -2.48. The molecule has 1 saturated heterocycles. The van der Waals surface area contributed by atoms with Gasteiger partial charge in [0.1, 0.15) is 22.7 Å². The number of alkyl halides is 2. The van der Waals surface area contributed by atoms with Crippen LogP contribution in [0.5, 0.6) is 11.5 Å². The van der Waals surface area contributed by atoms with E-state index in [4.69, 9.17) is 9.47 Å². The number of Topliss-reactive ketones (excluding diaryl/α,β-unsaturated/α-hetero) is 1. The summed E-state index contributed by atoms with van der Waals surface area (Å²) in [6.07, 6.45) is 8.87. The molecule has 2 amide bonds. The first-order valence-corrected chi connectivity index (χ1v) is 21.6. The zero-order valence-corrected chi connectivity index (χ0v) is 34.1. The number of ketones is 1. The summed E-state index contributed by atoms with van der Waals surface area (Å²) in [5.41, 5.74) is -1.24. The standard InChI is InChI=1S/C42H53F2N3O9S/c1-25-35-29(30-20-28(54-38(43)44)13-14-31(30)45-25)15-16-41(56-35)22-32-33(48)23-42(37(51)46-57(52,53)40(5)17-18-40)21-27(42)12-10-8-6-7-9-11-26(36(50)47(32)24-41)19-34(49)55-39(2,3)4/h10,12-14,20,26-27,32,38H,6-9,11,15-19,21-24H2,1-5H3,(H,46,51)/b12-10-. The molecule has 7 rings (SSSR count). The van der Waals surface area contributed by atoms with Gasteiger partial charge in [-0.05, 0) is 110 Å². The predicted molar refractivity (Wildman–Crippen MR) is 206 cm³/mol. The molecule has 2 aromatic rings. The van der Waals surface area contributed by atoms with Crippen LogP contribution < -0.4 is 14.2 Å². The molecule has 2 saturated carbocycles. The molecule has 3 fully saturated rings. The molecule has 2 aliphatic carbocycles. The number of sulfonamides is 1. The average molecular weight is 814 g/mol. The van der Waals surface area contributed by atoms with Gasteiger partial charge in [-0.2, -0.15) is 8.78 Å². The number of pyridine rings is 1. The molecular weight excluding hydrogens is 761 g/mol. The molecule has 5 atom stereocenters. The van der Waals surface area contributed by atoms with E-state index >= 15 is 0 Å². The fourth-order valence-corrected chi connectivity index (χ4v) is 10.2. The number of aromatic nitrogens is 1. The minimum absolute atomic E-state index is 0.0187. The maximum Gasteiger partial charge on any atom is 0.387 e. The van der Waals surface area contributed by atoms with Gasteiger partial charge in [0, 0.05) is 29.7 Å². The van der Waals surface area contributed by atoms with E-state index in [0.29, 0.717) is 73.7 Å². The van der Waals surface area contributed by atoms with Crippen LogP contribution in [0.25, 0.3) is 10.9 Å². The number of esters is 1. The molecular formula is C42H53F2N3O9S. The van der Waals surface area contributed by atoms with Crippen molar-refractivity contribution in [2.75, 3.05) is 6.54 Å². The summed E-state index contributed by atoms with van der Waals surface area (Å²) < 4.78 is 71.2. The monoisotopic (exact) mass is 813 g/mol. The number of aryl methyl sites for hydroxylation is 2. The van der Waals surface area contributed by atoms with Crippen LogP contribution in [0.15, 0.2) is 30.4 Å². The van der Waals surface area contributed by atoms with Crippen LogP contribution in [0, 0.1) is 24.2 Å². The predicted octanol–water partition coefficient (Wildman–Crippen LogP) is 6.64. The Hall–Kier alpha value is -4.14. The van der Waals surface area contributed by atoms with Crippen molar-refractivity contribution in [1.82, 2.24) is 14.6 Å². The third-order valence-electron chi connectivity index (χ3n) is 12.5. The van der Waals surface area contributed by atoms with E-state index in [2.05, 4.69) is 14.4 Å². The van der Waals surface area contributed by atoms with Gasteiger partial charge in [-0.3, -0.25) is 23.9 Å². The minimum atomic E-state index is -3.98. The van der Waals surface area contributed by atoms with E-state index in [0.717, 1.165) is 18.4 Å². The normalized spacial score (nSPS) is 29.3. The van der Waals surface area contributed by atoms with Gasteiger partial charge in [-0.25, -0.2) is 13.4 Å². The van der Waals surface area contributed by atoms with Crippen molar-refractivity contribution < 1.29 is 50.6 Å². The average Bonchev–Trinajstić information content (AvgIpc) is 4.01. The molecule has 1 aromatic carbocycles. The van der Waals surface area contributed by atoms with E-state index in [9.17, 15) is 36.4 Å². The van der Waals surface area contributed by atoms with Crippen molar-refractivity contribution in [2.45, 2.75) is 147 Å². The quantitative estimate of drug-likeness (QED) is 0.237. The molecule has 15 heteroatoms. The van der Waals surface area contributed by atoms with Gasteiger partial charge < -0.3 is 19.1 Å². The Morgan fingerprint density at radius 1 is 1.11 bits per heavy atom. The maximum absolute atomic E-state index is 14.8. The molecule has 57 heavy (non-hydrogen) atoms. The van der Waals surface area contributed by atoms with Gasteiger partial charge in [-0.15, -0.1) is 0 Å². The summed E-state index contributed by atoms with van der Waals surface area (Å²) in [6.45, 7) is 5.66. The zero-order chi connectivity index (χ0) is 41.1. The molecule has 1 spiro atoms. The fraction of sp³-hybridized carbons (Fsp3) is 0.643. The Balaban J connectivity index is 1.24. The van der Waals surface area contributed by atoms with E-state index < -0.39 is 61.8 Å². The second-order valence-electron chi connectivity index (χ2n) is 18.1. The third kappa shape index (κ3) is 8.40. The summed E-state index contributed by atoms with van der Waals surface area (Å²) in [5, 5.41) is 0.594. The Bertz CT molecular complexity index is 2110. The van der Waals surface area contributed by atoms with Crippen molar-refractivity contribution in [3.05, 3.63) is 41.6 Å². The number of nitrogens with zero attached hydrogens (tertiary/aromatic N) is 2. The first-order valence-electron chi connectivity index (χ1n) is 20.1. The highest BCUT2D eigenvalue weighted by atomic mass is 32.2. The van der Waals surface area contributed by atoms with Gasteiger partial charge in [0.05, 0.1) is 40.4 Å². The fourth-order valence-electron chi connectivity index (χ4n) is 8.90. The second-order valence-corrected chi connectivity index (χ2v) is 20.3.